The fourth-order valence-corrected chi connectivity index (χ4v) is 3.95. The molecule has 6 heteroatoms. The summed E-state index contributed by atoms with van der Waals surface area (Å²) in [7, 11) is 1.53. The number of benzene rings is 3. The number of carbonyl (C=O) groups excluding carboxylic acids is 1. The number of hydrogen-bond acceptors (Lipinski definition) is 5. The van der Waals surface area contributed by atoms with Gasteiger partial charge in [-0.2, -0.15) is 0 Å². The molecule has 0 aromatic heterocycles. The molecule has 30 heavy (non-hydrogen) atoms. The molecule has 6 nitrogen and oxygen atoms in total. The van der Waals surface area contributed by atoms with Gasteiger partial charge in [0.05, 0.1) is 7.11 Å². The maximum Gasteiger partial charge on any atom is 0.407 e. The average molecular weight is 402 g/mol. The first kappa shape index (κ1) is 19.6. The number of ether oxygens (including phenoxy) is 2. The van der Waals surface area contributed by atoms with Gasteiger partial charge in [0.1, 0.15) is 18.0 Å². The van der Waals surface area contributed by atoms with Crippen LogP contribution in [0.3, 0.4) is 0 Å². The second kappa shape index (κ2) is 8.78. The number of methoxy groups -OCH3 is 1. The molecule has 0 spiro atoms. The van der Waals surface area contributed by atoms with Crippen LogP contribution in [0.5, 0.6) is 5.75 Å². The van der Waals surface area contributed by atoms with Gasteiger partial charge in [-0.3, -0.25) is 0 Å². The fourth-order valence-electron chi connectivity index (χ4n) is 3.95. The zero-order chi connectivity index (χ0) is 20.9. The number of rotatable bonds is 7. The van der Waals surface area contributed by atoms with Crippen molar-refractivity contribution in [1.82, 2.24) is 5.32 Å². The summed E-state index contributed by atoms with van der Waals surface area (Å²) in [6, 6.07) is 21.4. The number of alkyl carbamates (subject to hydrolysis) is 1. The molecule has 0 bridgehead atoms. The van der Waals surface area contributed by atoms with Crippen LogP contribution in [0.25, 0.3) is 11.1 Å². The van der Waals surface area contributed by atoms with Crippen molar-refractivity contribution in [2.24, 2.45) is 5.18 Å². The van der Waals surface area contributed by atoms with E-state index in [9.17, 15) is 9.70 Å². The minimum absolute atomic E-state index is 0.0339. The number of fused-ring (bicyclic) bond motifs is 3. The Hall–Kier alpha value is -3.67. The largest absolute Gasteiger partial charge is 0.496 e. The topological polar surface area (TPSA) is 77.0 Å². The van der Waals surface area contributed by atoms with Gasteiger partial charge >= 0.3 is 6.09 Å². The summed E-state index contributed by atoms with van der Waals surface area (Å²) in [5, 5.41) is 5.68. The molecule has 0 fully saturated rings. The number of carbonyl (C=O) groups is 1. The molecular weight excluding hydrogens is 380 g/mol. The van der Waals surface area contributed by atoms with Crippen molar-refractivity contribution in [2.75, 3.05) is 20.3 Å². The van der Waals surface area contributed by atoms with E-state index in [1.165, 1.54) is 29.4 Å². The molecule has 1 N–H and O–H groups in total. The zero-order valence-corrected chi connectivity index (χ0v) is 16.6. The van der Waals surface area contributed by atoms with Gasteiger partial charge in [-0.05, 0) is 45.5 Å². The third-order valence-corrected chi connectivity index (χ3v) is 5.38. The van der Waals surface area contributed by atoms with Crippen LogP contribution in [0.2, 0.25) is 0 Å². The van der Waals surface area contributed by atoms with Crippen LogP contribution in [-0.4, -0.2) is 26.4 Å². The second-order valence-electron chi connectivity index (χ2n) is 7.09. The van der Waals surface area contributed by atoms with Gasteiger partial charge in [-0.15, -0.1) is 4.91 Å². The van der Waals surface area contributed by atoms with Gasteiger partial charge in [0.25, 0.3) is 0 Å². The monoisotopic (exact) mass is 402 g/mol. The molecular formula is C24H22N2O4. The number of nitroso groups, excluding NO2 is 1. The number of hydrogen-bond donors (Lipinski definition) is 1. The Morgan fingerprint density at radius 2 is 1.67 bits per heavy atom. The van der Waals surface area contributed by atoms with Gasteiger partial charge in [-0.25, -0.2) is 4.79 Å². The Kier molecular flexibility index (Phi) is 5.75. The fraction of sp³-hybridized carbons (Fsp3) is 0.208. The molecule has 4 rings (SSSR count). The lowest BCUT2D eigenvalue weighted by Gasteiger charge is -2.15. The molecule has 1 aliphatic rings. The van der Waals surface area contributed by atoms with E-state index in [2.05, 4.69) is 34.8 Å². The first-order valence-electron chi connectivity index (χ1n) is 9.80. The number of nitrogens with zero attached hydrogens (tertiary/aromatic N) is 1. The molecule has 0 saturated carbocycles. The molecule has 0 atom stereocenters. The maximum absolute atomic E-state index is 12.2. The summed E-state index contributed by atoms with van der Waals surface area (Å²) in [4.78, 5) is 22.9. The molecule has 0 heterocycles. The van der Waals surface area contributed by atoms with Gasteiger partial charge in [0.15, 0.2) is 0 Å². The first-order chi connectivity index (χ1) is 14.7. The summed E-state index contributed by atoms with van der Waals surface area (Å²) in [6.45, 7) is 0.670. The predicted molar refractivity (Wildman–Crippen MR) is 115 cm³/mol. The van der Waals surface area contributed by atoms with Crippen LogP contribution in [0, 0.1) is 4.91 Å². The van der Waals surface area contributed by atoms with Crippen LogP contribution in [0.1, 0.15) is 22.6 Å². The molecule has 0 radical (unpaired) electrons. The quantitative estimate of drug-likeness (QED) is 0.553. The molecule has 3 aromatic rings. The van der Waals surface area contributed by atoms with Crippen molar-refractivity contribution >= 4 is 11.8 Å². The van der Waals surface area contributed by atoms with E-state index in [0.717, 1.165) is 5.56 Å². The number of amides is 1. The van der Waals surface area contributed by atoms with Gasteiger partial charge < -0.3 is 14.8 Å². The lowest BCUT2D eigenvalue weighted by molar-refractivity contribution is 0.143. The van der Waals surface area contributed by atoms with E-state index in [4.69, 9.17) is 9.47 Å². The van der Waals surface area contributed by atoms with Crippen molar-refractivity contribution < 1.29 is 14.3 Å². The van der Waals surface area contributed by atoms with Crippen LogP contribution in [0.4, 0.5) is 10.5 Å². The van der Waals surface area contributed by atoms with Crippen molar-refractivity contribution in [3.8, 4) is 16.9 Å². The van der Waals surface area contributed by atoms with Crippen molar-refractivity contribution in [3.63, 3.8) is 0 Å². The highest BCUT2D eigenvalue weighted by Crippen LogP contribution is 2.44. The lowest BCUT2D eigenvalue weighted by Crippen LogP contribution is -2.28. The first-order valence-corrected chi connectivity index (χ1v) is 9.80. The minimum Gasteiger partial charge on any atom is -0.496 e. The smallest absolute Gasteiger partial charge is 0.407 e. The third kappa shape index (κ3) is 3.89. The van der Waals surface area contributed by atoms with Crippen LogP contribution >= 0.6 is 0 Å². The Labute approximate surface area is 174 Å². The van der Waals surface area contributed by atoms with E-state index in [0.29, 0.717) is 24.4 Å². The Bertz CT molecular complexity index is 1030. The van der Waals surface area contributed by atoms with E-state index in [1.54, 1.807) is 18.2 Å². The number of nitrogens with one attached hydrogen (secondary N) is 1. The molecule has 3 aromatic carbocycles. The summed E-state index contributed by atoms with van der Waals surface area (Å²) < 4.78 is 10.8. The highest BCUT2D eigenvalue weighted by molar-refractivity contribution is 5.79. The molecule has 152 valence electrons. The highest BCUT2D eigenvalue weighted by atomic mass is 16.5. The van der Waals surface area contributed by atoms with E-state index < -0.39 is 6.09 Å². The summed E-state index contributed by atoms with van der Waals surface area (Å²) in [5.74, 6) is 0.605. The van der Waals surface area contributed by atoms with Gasteiger partial charge in [0, 0.05) is 18.5 Å². The zero-order valence-electron chi connectivity index (χ0n) is 16.6. The third-order valence-electron chi connectivity index (χ3n) is 5.38. The van der Waals surface area contributed by atoms with E-state index >= 15 is 0 Å². The predicted octanol–water partition coefficient (Wildman–Crippen LogP) is 5.17. The highest BCUT2D eigenvalue weighted by Gasteiger charge is 2.28. The summed E-state index contributed by atoms with van der Waals surface area (Å²) in [5.41, 5.74) is 5.94. The SMILES string of the molecule is COc1cc(N=O)ccc1CCNC(=O)OCC1c2ccccc2-c2ccccc21. The van der Waals surface area contributed by atoms with Gasteiger partial charge in [-0.1, -0.05) is 54.6 Å². The van der Waals surface area contributed by atoms with Crippen LogP contribution in [-0.2, 0) is 11.2 Å². The standard InChI is InChI=1S/C24H22N2O4/c1-29-23-14-17(26-28)11-10-16(23)12-13-25-24(27)30-15-22-20-8-4-2-6-18(20)19-7-3-5-9-21(19)22/h2-11,14,22H,12-13,15H2,1H3,(H,25,27). The second-order valence-corrected chi connectivity index (χ2v) is 7.09. The summed E-state index contributed by atoms with van der Waals surface area (Å²) >= 11 is 0. The maximum atomic E-state index is 12.2. The Morgan fingerprint density at radius 3 is 2.30 bits per heavy atom. The summed E-state index contributed by atoms with van der Waals surface area (Å²) in [6.07, 6.45) is 0.0916. The Balaban J connectivity index is 1.34. The molecule has 0 unspecified atom stereocenters. The van der Waals surface area contributed by atoms with E-state index in [1.807, 2.05) is 24.3 Å². The van der Waals surface area contributed by atoms with E-state index in [-0.39, 0.29) is 12.5 Å². The molecule has 0 saturated heterocycles. The van der Waals surface area contributed by atoms with Crippen molar-refractivity contribution in [3.05, 3.63) is 88.3 Å². The molecule has 1 amide bonds. The Morgan fingerprint density at radius 1 is 1.00 bits per heavy atom. The van der Waals surface area contributed by atoms with Crippen LogP contribution < -0.4 is 10.1 Å². The molecule has 0 aliphatic heterocycles. The van der Waals surface area contributed by atoms with Gasteiger partial charge in [0.2, 0.25) is 0 Å². The lowest BCUT2D eigenvalue weighted by atomic mass is 9.98. The minimum atomic E-state index is -0.456. The van der Waals surface area contributed by atoms with Crippen molar-refractivity contribution in [1.29, 1.82) is 0 Å². The van der Waals surface area contributed by atoms with Crippen LogP contribution in [0.15, 0.2) is 71.9 Å². The van der Waals surface area contributed by atoms with Crippen molar-refractivity contribution in [2.45, 2.75) is 12.3 Å². The molecule has 1 aliphatic carbocycles. The normalized spacial score (nSPS) is 12.0. The average Bonchev–Trinajstić information content (AvgIpc) is 3.11.